The van der Waals surface area contributed by atoms with E-state index in [1.54, 1.807) is 13.2 Å². The number of hydrogen-bond acceptors (Lipinski definition) is 4. The van der Waals surface area contributed by atoms with Gasteiger partial charge in [-0.3, -0.25) is 0 Å². The van der Waals surface area contributed by atoms with Gasteiger partial charge in [0.2, 0.25) is 11.0 Å². The summed E-state index contributed by atoms with van der Waals surface area (Å²) in [5, 5.41) is 19.4. The molecule has 7 heteroatoms. The number of rotatable bonds is 2. The van der Waals surface area contributed by atoms with E-state index in [1.807, 2.05) is 17.0 Å². The molecule has 0 amide bonds. The third kappa shape index (κ3) is 2.69. The van der Waals surface area contributed by atoms with E-state index in [4.69, 9.17) is 17.0 Å². The fraction of sp³-hybridized carbons (Fsp3) is 0.357. The van der Waals surface area contributed by atoms with Crippen LogP contribution < -0.4 is 4.74 Å². The molecule has 2 heterocycles. The van der Waals surface area contributed by atoms with Crippen LogP contribution in [0, 0.1) is 0 Å². The predicted octanol–water partition coefficient (Wildman–Crippen LogP) is 3.35. The maximum atomic E-state index is 9.97. The van der Waals surface area contributed by atoms with Gasteiger partial charge in [-0.25, -0.2) is 0 Å². The molecule has 0 radical (unpaired) electrons. The maximum absolute atomic E-state index is 9.97. The van der Waals surface area contributed by atoms with Gasteiger partial charge in [-0.1, -0.05) is 0 Å². The molecule has 0 saturated carbocycles. The second kappa shape index (κ2) is 5.69. The van der Waals surface area contributed by atoms with Crippen molar-refractivity contribution in [3.8, 4) is 11.6 Å². The van der Waals surface area contributed by atoms with Gasteiger partial charge in [0.15, 0.2) is 5.69 Å². The fourth-order valence-electron chi connectivity index (χ4n) is 2.44. The summed E-state index contributed by atoms with van der Waals surface area (Å²) in [7, 11) is 1.59. The summed E-state index contributed by atoms with van der Waals surface area (Å²) in [6, 6.07) is 5.44. The molecular formula is C14H16N4O2S. The minimum Gasteiger partial charge on any atom is -0.497 e. The topological polar surface area (TPSA) is 73.2 Å². The van der Waals surface area contributed by atoms with Gasteiger partial charge in [0.1, 0.15) is 5.75 Å². The van der Waals surface area contributed by atoms with Crippen molar-refractivity contribution in [1.29, 1.82) is 0 Å². The standard InChI is InChI=1S/C14H16N4O2S/c1-20-9-4-5-11-10(8-9)12(13(19)15-11)16-17-14(21)18-6-2-3-7-18/h4-5,8,15,19H,2-3,6-7H2,1H3. The number of aromatic amines is 1. The summed E-state index contributed by atoms with van der Waals surface area (Å²) in [4.78, 5) is 4.88. The van der Waals surface area contributed by atoms with Crippen molar-refractivity contribution in [2.24, 2.45) is 10.2 Å². The number of ether oxygens (including phenoxy) is 1. The van der Waals surface area contributed by atoms with Crippen molar-refractivity contribution in [3.05, 3.63) is 18.2 Å². The summed E-state index contributed by atoms with van der Waals surface area (Å²) in [5.74, 6) is 0.672. The van der Waals surface area contributed by atoms with Crippen LogP contribution in [0.5, 0.6) is 11.6 Å². The molecule has 2 N–H and O–H groups in total. The molecule has 1 aromatic heterocycles. The number of aromatic hydroxyl groups is 1. The molecule has 1 fully saturated rings. The van der Waals surface area contributed by atoms with Crippen molar-refractivity contribution in [2.45, 2.75) is 12.8 Å². The summed E-state index contributed by atoms with van der Waals surface area (Å²) in [5.41, 5.74) is 1.15. The highest BCUT2D eigenvalue weighted by Gasteiger charge is 2.15. The highest BCUT2D eigenvalue weighted by molar-refractivity contribution is 7.80. The number of likely N-dealkylation sites (tertiary alicyclic amines) is 1. The van der Waals surface area contributed by atoms with Crippen LogP contribution in [0.25, 0.3) is 10.9 Å². The van der Waals surface area contributed by atoms with Gasteiger partial charge in [-0.05, 0) is 43.3 Å². The monoisotopic (exact) mass is 304 g/mol. The normalized spacial score (nSPS) is 15.2. The number of nitrogens with one attached hydrogen (secondary N) is 1. The Morgan fingerprint density at radius 3 is 2.86 bits per heavy atom. The molecule has 3 rings (SSSR count). The lowest BCUT2D eigenvalue weighted by Crippen LogP contribution is -2.23. The molecule has 0 aliphatic carbocycles. The van der Waals surface area contributed by atoms with Crippen LogP contribution >= 0.6 is 12.2 Å². The first-order chi connectivity index (χ1) is 10.2. The quantitative estimate of drug-likeness (QED) is 0.659. The van der Waals surface area contributed by atoms with Gasteiger partial charge >= 0.3 is 0 Å². The summed E-state index contributed by atoms with van der Waals surface area (Å²) >= 11 is 5.25. The lowest BCUT2D eigenvalue weighted by Gasteiger charge is -2.12. The molecule has 1 aliphatic rings. The largest absolute Gasteiger partial charge is 0.497 e. The average molecular weight is 304 g/mol. The van der Waals surface area contributed by atoms with E-state index in [0.717, 1.165) is 36.8 Å². The zero-order valence-electron chi connectivity index (χ0n) is 11.7. The molecule has 21 heavy (non-hydrogen) atoms. The van der Waals surface area contributed by atoms with Crippen molar-refractivity contribution < 1.29 is 9.84 Å². The zero-order valence-corrected chi connectivity index (χ0v) is 12.5. The summed E-state index contributed by atoms with van der Waals surface area (Å²) in [6.45, 7) is 1.84. The Kier molecular flexibility index (Phi) is 3.74. The first kappa shape index (κ1) is 13.8. The Balaban J connectivity index is 1.91. The van der Waals surface area contributed by atoms with Crippen molar-refractivity contribution >= 4 is 33.9 Å². The molecule has 0 bridgehead atoms. The Morgan fingerprint density at radius 1 is 1.38 bits per heavy atom. The Bertz CT molecular complexity index is 704. The number of benzene rings is 1. The van der Waals surface area contributed by atoms with Gasteiger partial charge in [-0.2, -0.15) is 0 Å². The van der Waals surface area contributed by atoms with E-state index < -0.39 is 0 Å². The van der Waals surface area contributed by atoms with Crippen LogP contribution in [0.2, 0.25) is 0 Å². The third-order valence-corrected chi connectivity index (χ3v) is 3.91. The van der Waals surface area contributed by atoms with Crippen molar-refractivity contribution in [1.82, 2.24) is 9.88 Å². The number of fused-ring (bicyclic) bond motifs is 1. The summed E-state index contributed by atoms with van der Waals surface area (Å²) < 4.78 is 5.19. The number of aromatic nitrogens is 1. The molecule has 2 aromatic rings. The molecule has 0 spiro atoms. The van der Waals surface area contributed by atoms with Gasteiger partial charge in [0, 0.05) is 18.5 Å². The molecule has 1 aliphatic heterocycles. The number of methoxy groups -OCH3 is 1. The smallest absolute Gasteiger partial charge is 0.218 e. The van der Waals surface area contributed by atoms with E-state index in [0.29, 0.717) is 16.5 Å². The zero-order chi connectivity index (χ0) is 14.8. The molecule has 0 unspecified atom stereocenters. The van der Waals surface area contributed by atoms with Gasteiger partial charge in [-0.15, -0.1) is 10.2 Å². The average Bonchev–Trinajstić information content (AvgIpc) is 3.11. The molecule has 0 atom stereocenters. The minimum absolute atomic E-state index is 0.0220. The lowest BCUT2D eigenvalue weighted by molar-refractivity contribution is 0.415. The first-order valence-corrected chi connectivity index (χ1v) is 7.19. The van der Waals surface area contributed by atoms with E-state index in [1.165, 1.54) is 0 Å². The fourth-order valence-corrected chi connectivity index (χ4v) is 2.66. The van der Waals surface area contributed by atoms with Crippen molar-refractivity contribution in [3.63, 3.8) is 0 Å². The predicted molar refractivity (Wildman–Crippen MR) is 84.4 cm³/mol. The SMILES string of the molecule is COc1ccc2[nH]c(O)c(N=NC(=S)N3CCCC3)c2c1. The van der Waals surface area contributed by atoms with E-state index in [2.05, 4.69) is 15.2 Å². The molecule has 110 valence electrons. The second-order valence-corrected chi connectivity index (χ2v) is 5.28. The molecule has 1 saturated heterocycles. The van der Waals surface area contributed by atoms with Crippen LogP contribution in [-0.4, -0.2) is 40.3 Å². The number of thiocarbonyl (C=S) groups is 1. The minimum atomic E-state index is -0.0220. The first-order valence-electron chi connectivity index (χ1n) is 6.78. The molecular weight excluding hydrogens is 288 g/mol. The van der Waals surface area contributed by atoms with Gasteiger partial charge in [0.25, 0.3) is 0 Å². The Morgan fingerprint density at radius 2 is 2.14 bits per heavy atom. The van der Waals surface area contributed by atoms with E-state index in [9.17, 15) is 5.11 Å². The third-order valence-electron chi connectivity index (χ3n) is 3.57. The Hall–Kier alpha value is -2.15. The highest BCUT2D eigenvalue weighted by Crippen LogP contribution is 2.37. The molecule has 6 nitrogen and oxygen atoms in total. The number of H-pyrrole nitrogens is 1. The van der Waals surface area contributed by atoms with Crippen LogP contribution in [0.1, 0.15) is 12.8 Å². The Labute approximate surface area is 127 Å². The van der Waals surface area contributed by atoms with Gasteiger partial charge in [0.05, 0.1) is 12.6 Å². The van der Waals surface area contributed by atoms with Crippen LogP contribution in [0.4, 0.5) is 5.69 Å². The summed E-state index contributed by atoms with van der Waals surface area (Å²) in [6.07, 6.45) is 2.26. The maximum Gasteiger partial charge on any atom is 0.218 e. The van der Waals surface area contributed by atoms with Crippen LogP contribution in [-0.2, 0) is 0 Å². The van der Waals surface area contributed by atoms with Crippen LogP contribution in [0.3, 0.4) is 0 Å². The van der Waals surface area contributed by atoms with Crippen molar-refractivity contribution in [2.75, 3.05) is 20.2 Å². The molecule has 1 aromatic carbocycles. The van der Waals surface area contributed by atoms with Crippen LogP contribution in [0.15, 0.2) is 28.4 Å². The number of nitrogens with zero attached hydrogens (tertiary/aromatic N) is 3. The number of azo groups is 1. The second-order valence-electron chi connectivity index (χ2n) is 4.91. The van der Waals surface area contributed by atoms with E-state index >= 15 is 0 Å². The highest BCUT2D eigenvalue weighted by atomic mass is 32.1. The van der Waals surface area contributed by atoms with Gasteiger partial charge < -0.3 is 19.7 Å². The lowest BCUT2D eigenvalue weighted by atomic mass is 10.2. The number of hydrogen-bond donors (Lipinski definition) is 2. The van der Waals surface area contributed by atoms with E-state index in [-0.39, 0.29) is 5.88 Å².